The smallest absolute Gasteiger partial charge is 0.228 e. The van der Waals surface area contributed by atoms with E-state index in [4.69, 9.17) is 0 Å². The fourth-order valence-electron chi connectivity index (χ4n) is 1.41. The molecular weight excluding hydrogens is 138 g/mol. The highest BCUT2D eigenvalue weighted by molar-refractivity contribution is 5.85. The lowest BCUT2D eigenvalue weighted by Crippen LogP contribution is -2.30. The minimum atomic E-state index is -0.0503. The van der Waals surface area contributed by atoms with E-state index in [2.05, 4.69) is 6.58 Å². The molecule has 1 aliphatic rings. The van der Waals surface area contributed by atoms with Gasteiger partial charge in [0.2, 0.25) is 5.91 Å². The first kappa shape index (κ1) is 8.31. The summed E-state index contributed by atoms with van der Waals surface area (Å²) < 4.78 is 0. The summed E-state index contributed by atoms with van der Waals surface area (Å²) in [6.07, 6.45) is 4.75. The average molecular weight is 153 g/mol. The van der Waals surface area contributed by atoms with Crippen LogP contribution in [0, 0.1) is 5.41 Å². The molecular formula is C9H15NO. The van der Waals surface area contributed by atoms with Gasteiger partial charge in [-0.05, 0) is 19.3 Å². The van der Waals surface area contributed by atoms with Gasteiger partial charge in [0.25, 0.3) is 0 Å². The Morgan fingerprint density at radius 2 is 2.18 bits per heavy atom. The normalized spacial score (nSPS) is 19.1. The monoisotopic (exact) mass is 153 g/mol. The molecule has 0 unspecified atom stereocenters. The number of nitrogens with zero attached hydrogens (tertiary/aromatic N) is 1. The first-order valence-corrected chi connectivity index (χ1v) is 3.95. The molecule has 2 heteroatoms. The minimum absolute atomic E-state index is 0.0503. The van der Waals surface area contributed by atoms with Crippen LogP contribution in [0.3, 0.4) is 0 Å². The van der Waals surface area contributed by atoms with Crippen LogP contribution in [0.15, 0.2) is 12.7 Å². The Kier molecular flexibility index (Phi) is 2.03. The second-order valence-corrected chi connectivity index (χ2v) is 3.47. The molecule has 0 aromatic rings. The molecule has 1 saturated carbocycles. The van der Waals surface area contributed by atoms with E-state index in [1.165, 1.54) is 0 Å². The Balaban J connectivity index is 2.58. The highest BCUT2D eigenvalue weighted by atomic mass is 16.2. The molecule has 1 fully saturated rings. The van der Waals surface area contributed by atoms with E-state index in [-0.39, 0.29) is 11.3 Å². The Morgan fingerprint density at radius 1 is 1.64 bits per heavy atom. The molecule has 1 rings (SSSR count). The summed E-state index contributed by atoms with van der Waals surface area (Å²) >= 11 is 0. The Morgan fingerprint density at radius 3 is 2.45 bits per heavy atom. The van der Waals surface area contributed by atoms with Crippen molar-refractivity contribution in [3.8, 4) is 0 Å². The van der Waals surface area contributed by atoms with Crippen LogP contribution in [-0.2, 0) is 4.79 Å². The van der Waals surface area contributed by atoms with E-state index in [1.807, 2.05) is 20.2 Å². The fraction of sp³-hybridized carbons (Fsp3) is 0.667. The van der Waals surface area contributed by atoms with Gasteiger partial charge >= 0.3 is 0 Å². The van der Waals surface area contributed by atoms with E-state index in [1.54, 1.807) is 4.90 Å². The summed E-state index contributed by atoms with van der Waals surface area (Å²) in [5.41, 5.74) is -0.0503. The highest BCUT2D eigenvalue weighted by Crippen LogP contribution is 2.50. The van der Waals surface area contributed by atoms with E-state index in [0.29, 0.717) is 0 Å². The van der Waals surface area contributed by atoms with Crippen LogP contribution in [0.5, 0.6) is 0 Å². The van der Waals surface area contributed by atoms with Crippen molar-refractivity contribution < 1.29 is 4.79 Å². The summed E-state index contributed by atoms with van der Waals surface area (Å²) in [6, 6.07) is 0. The molecule has 0 aliphatic heterocycles. The molecule has 0 radical (unpaired) electrons. The summed E-state index contributed by atoms with van der Waals surface area (Å²) in [5, 5.41) is 0. The van der Waals surface area contributed by atoms with Crippen LogP contribution in [0.2, 0.25) is 0 Å². The quantitative estimate of drug-likeness (QED) is 0.562. The Hall–Kier alpha value is -0.790. The van der Waals surface area contributed by atoms with Crippen molar-refractivity contribution in [1.29, 1.82) is 0 Å². The zero-order valence-corrected chi connectivity index (χ0v) is 7.26. The number of carbonyl (C=O) groups excluding carboxylic acids is 1. The van der Waals surface area contributed by atoms with Crippen molar-refractivity contribution in [2.45, 2.75) is 19.3 Å². The van der Waals surface area contributed by atoms with Crippen LogP contribution in [0.1, 0.15) is 19.3 Å². The number of hydrogen-bond acceptors (Lipinski definition) is 1. The van der Waals surface area contributed by atoms with Crippen molar-refractivity contribution in [3.05, 3.63) is 12.7 Å². The van der Waals surface area contributed by atoms with Crippen LogP contribution < -0.4 is 0 Å². The predicted molar refractivity (Wildman–Crippen MR) is 45.2 cm³/mol. The summed E-state index contributed by atoms with van der Waals surface area (Å²) in [4.78, 5) is 13.2. The van der Waals surface area contributed by atoms with Crippen molar-refractivity contribution in [1.82, 2.24) is 4.90 Å². The van der Waals surface area contributed by atoms with Gasteiger partial charge in [-0.1, -0.05) is 6.08 Å². The molecule has 2 nitrogen and oxygen atoms in total. The number of amides is 1. The second kappa shape index (κ2) is 2.68. The maximum Gasteiger partial charge on any atom is 0.228 e. The molecule has 1 aliphatic carbocycles. The van der Waals surface area contributed by atoms with Crippen molar-refractivity contribution >= 4 is 5.91 Å². The van der Waals surface area contributed by atoms with Gasteiger partial charge in [0.05, 0.1) is 5.41 Å². The Labute approximate surface area is 67.9 Å². The van der Waals surface area contributed by atoms with Crippen molar-refractivity contribution in [3.63, 3.8) is 0 Å². The maximum atomic E-state index is 11.5. The predicted octanol–water partition coefficient (Wildman–Crippen LogP) is 1.43. The molecule has 0 aromatic carbocycles. The standard InChI is InChI=1S/C9H15NO/c1-4-5-9(6-7-9)8(11)10(2)3/h4H,1,5-7H2,2-3H3. The highest BCUT2D eigenvalue weighted by Gasteiger charge is 2.49. The third-order valence-electron chi connectivity index (χ3n) is 2.25. The molecule has 0 N–H and O–H groups in total. The van der Waals surface area contributed by atoms with Crippen LogP contribution >= 0.6 is 0 Å². The van der Waals surface area contributed by atoms with Gasteiger partial charge < -0.3 is 4.90 Å². The summed E-state index contributed by atoms with van der Waals surface area (Å²) in [5.74, 6) is 0.261. The zero-order chi connectivity index (χ0) is 8.48. The molecule has 0 bridgehead atoms. The van der Waals surface area contributed by atoms with Gasteiger partial charge in [-0.25, -0.2) is 0 Å². The minimum Gasteiger partial charge on any atom is -0.348 e. The number of allylic oxidation sites excluding steroid dienone is 1. The van der Waals surface area contributed by atoms with E-state index in [9.17, 15) is 4.79 Å². The molecule has 0 spiro atoms. The molecule has 62 valence electrons. The lowest BCUT2D eigenvalue weighted by Gasteiger charge is -2.17. The van der Waals surface area contributed by atoms with E-state index < -0.39 is 0 Å². The van der Waals surface area contributed by atoms with Crippen molar-refractivity contribution in [2.24, 2.45) is 5.41 Å². The second-order valence-electron chi connectivity index (χ2n) is 3.47. The molecule has 0 heterocycles. The van der Waals surface area contributed by atoms with Gasteiger partial charge in [-0.15, -0.1) is 6.58 Å². The number of carbonyl (C=O) groups is 1. The summed E-state index contributed by atoms with van der Waals surface area (Å²) in [6.45, 7) is 3.66. The maximum absolute atomic E-state index is 11.5. The molecule has 0 saturated heterocycles. The van der Waals surface area contributed by atoms with Gasteiger partial charge in [0.1, 0.15) is 0 Å². The molecule has 0 aromatic heterocycles. The van der Waals surface area contributed by atoms with E-state index >= 15 is 0 Å². The lowest BCUT2D eigenvalue weighted by molar-refractivity contribution is -0.134. The first-order chi connectivity index (χ1) is 5.12. The number of rotatable bonds is 3. The largest absolute Gasteiger partial charge is 0.348 e. The topological polar surface area (TPSA) is 20.3 Å². The zero-order valence-electron chi connectivity index (χ0n) is 7.26. The van der Waals surface area contributed by atoms with Gasteiger partial charge in [0, 0.05) is 14.1 Å². The third kappa shape index (κ3) is 1.44. The first-order valence-electron chi connectivity index (χ1n) is 3.95. The molecule has 1 amide bonds. The van der Waals surface area contributed by atoms with Gasteiger partial charge in [0.15, 0.2) is 0 Å². The van der Waals surface area contributed by atoms with E-state index in [0.717, 1.165) is 19.3 Å². The lowest BCUT2D eigenvalue weighted by atomic mass is 10.0. The van der Waals surface area contributed by atoms with Crippen LogP contribution in [-0.4, -0.2) is 24.9 Å². The van der Waals surface area contributed by atoms with Gasteiger partial charge in [-0.3, -0.25) is 4.79 Å². The molecule has 0 atom stereocenters. The van der Waals surface area contributed by atoms with Gasteiger partial charge in [-0.2, -0.15) is 0 Å². The number of hydrogen-bond donors (Lipinski definition) is 0. The molecule has 11 heavy (non-hydrogen) atoms. The Bertz CT molecular complexity index is 180. The average Bonchev–Trinajstić information content (AvgIpc) is 2.69. The van der Waals surface area contributed by atoms with Crippen LogP contribution in [0.25, 0.3) is 0 Å². The van der Waals surface area contributed by atoms with Crippen LogP contribution in [0.4, 0.5) is 0 Å². The third-order valence-corrected chi connectivity index (χ3v) is 2.25. The summed E-state index contributed by atoms with van der Waals surface area (Å²) in [7, 11) is 3.62. The van der Waals surface area contributed by atoms with Crippen molar-refractivity contribution in [2.75, 3.05) is 14.1 Å². The SMILES string of the molecule is C=CCC1(C(=O)N(C)C)CC1. The fourth-order valence-corrected chi connectivity index (χ4v) is 1.41.